The van der Waals surface area contributed by atoms with Gasteiger partial charge in [-0.2, -0.15) is 0 Å². The molecule has 1 fully saturated rings. The van der Waals surface area contributed by atoms with Gasteiger partial charge in [0.05, 0.1) is 12.8 Å². The highest BCUT2D eigenvalue weighted by Gasteiger charge is 2.23. The lowest BCUT2D eigenvalue weighted by Crippen LogP contribution is -2.48. The number of sulfonamides is 1. The quantitative estimate of drug-likeness (QED) is 0.458. The summed E-state index contributed by atoms with van der Waals surface area (Å²) in [4.78, 5) is 4.59. The Morgan fingerprint density at radius 3 is 2.29 bits per heavy atom. The summed E-state index contributed by atoms with van der Waals surface area (Å²) in [5, 5.41) is 6.78. The van der Waals surface area contributed by atoms with Crippen LogP contribution >= 0.6 is 0 Å². The van der Waals surface area contributed by atoms with E-state index in [4.69, 9.17) is 0 Å². The van der Waals surface area contributed by atoms with Crippen molar-refractivity contribution >= 4 is 16.0 Å². The molecule has 1 aliphatic carbocycles. The van der Waals surface area contributed by atoms with Gasteiger partial charge in [0.1, 0.15) is 0 Å². The van der Waals surface area contributed by atoms with Crippen molar-refractivity contribution in [1.29, 1.82) is 0 Å². The summed E-state index contributed by atoms with van der Waals surface area (Å²) < 4.78 is 25.5. The molecule has 0 saturated heterocycles. The van der Waals surface area contributed by atoms with Crippen molar-refractivity contribution in [2.24, 2.45) is 10.9 Å². The minimum Gasteiger partial charge on any atom is -0.357 e. The summed E-state index contributed by atoms with van der Waals surface area (Å²) in [7, 11) is -3.24. The maximum absolute atomic E-state index is 11.4. The van der Waals surface area contributed by atoms with Crippen LogP contribution in [-0.2, 0) is 10.0 Å². The van der Waals surface area contributed by atoms with E-state index < -0.39 is 15.6 Å². The van der Waals surface area contributed by atoms with Gasteiger partial charge in [-0.15, -0.1) is 0 Å². The molecule has 0 bridgehead atoms. The van der Waals surface area contributed by atoms with Gasteiger partial charge in [-0.25, -0.2) is 13.1 Å². The highest BCUT2D eigenvalue weighted by molar-refractivity contribution is 7.88. The molecule has 7 heteroatoms. The van der Waals surface area contributed by atoms with E-state index in [2.05, 4.69) is 27.3 Å². The molecule has 0 unspecified atom stereocenters. The van der Waals surface area contributed by atoms with E-state index in [1.165, 1.54) is 44.8 Å². The molecule has 1 aliphatic rings. The van der Waals surface area contributed by atoms with E-state index in [0.29, 0.717) is 12.6 Å². The SMILES string of the molecule is CCCC1CCC(NC(=NCC(C)(C)NS(C)(=O)=O)NCC)CC1. The molecular weight excluding hydrogens is 324 g/mol. The Hall–Kier alpha value is -0.820. The van der Waals surface area contributed by atoms with Crippen LogP contribution in [-0.4, -0.2) is 45.3 Å². The minimum absolute atomic E-state index is 0.389. The van der Waals surface area contributed by atoms with Crippen LogP contribution in [0.15, 0.2) is 4.99 Å². The highest BCUT2D eigenvalue weighted by Crippen LogP contribution is 2.27. The van der Waals surface area contributed by atoms with Crippen molar-refractivity contribution in [2.75, 3.05) is 19.3 Å². The van der Waals surface area contributed by atoms with E-state index in [1.807, 2.05) is 20.8 Å². The summed E-state index contributed by atoms with van der Waals surface area (Å²) in [5.74, 6) is 1.66. The van der Waals surface area contributed by atoms with Crippen molar-refractivity contribution in [2.45, 2.75) is 77.8 Å². The van der Waals surface area contributed by atoms with Crippen molar-refractivity contribution < 1.29 is 8.42 Å². The second-order valence-corrected chi connectivity index (χ2v) is 9.35. The molecule has 0 spiro atoms. The molecule has 0 atom stereocenters. The van der Waals surface area contributed by atoms with E-state index >= 15 is 0 Å². The van der Waals surface area contributed by atoms with E-state index in [-0.39, 0.29) is 0 Å². The van der Waals surface area contributed by atoms with Gasteiger partial charge in [-0.1, -0.05) is 19.8 Å². The Labute approximate surface area is 148 Å². The van der Waals surface area contributed by atoms with Crippen molar-refractivity contribution in [1.82, 2.24) is 15.4 Å². The van der Waals surface area contributed by atoms with Gasteiger partial charge < -0.3 is 10.6 Å². The number of hydrogen-bond acceptors (Lipinski definition) is 3. The first-order chi connectivity index (χ1) is 11.1. The maximum Gasteiger partial charge on any atom is 0.209 e. The largest absolute Gasteiger partial charge is 0.357 e. The fraction of sp³-hybridized carbons (Fsp3) is 0.941. The van der Waals surface area contributed by atoms with Gasteiger partial charge in [-0.3, -0.25) is 4.99 Å². The van der Waals surface area contributed by atoms with Crippen LogP contribution in [0.5, 0.6) is 0 Å². The zero-order valence-corrected chi connectivity index (χ0v) is 16.8. The fourth-order valence-corrected chi connectivity index (χ4v) is 4.40. The average Bonchev–Trinajstić information content (AvgIpc) is 2.45. The lowest BCUT2D eigenvalue weighted by molar-refractivity contribution is 0.294. The first-order valence-corrected chi connectivity index (χ1v) is 11.1. The number of aliphatic imine (C=N–C) groups is 1. The third-order valence-corrected chi connectivity index (χ3v) is 5.25. The van der Waals surface area contributed by atoms with E-state index in [1.54, 1.807) is 0 Å². The lowest BCUT2D eigenvalue weighted by atomic mass is 9.83. The van der Waals surface area contributed by atoms with Gasteiger partial charge in [0.2, 0.25) is 10.0 Å². The van der Waals surface area contributed by atoms with Crippen LogP contribution in [0.3, 0.4) is 0 Å². The summed E-state index contributed by atoms with van der Waals surface area (Å²) in [6.07, 6.45) is 8.72. The molecule has 0 aromatic rings. The Kier molecular flexibility index (Phi) is 8.50. The fourth-order valence-electron chi connectivity index (χ4n) is 3.33. The second kappa shape index (κ2) is 9.61. The molecule has 3 N–H and O–H groups in total. The Morgan fingerprint density at radius 1 is 1.17 bits per heavy atom. The van der Waals surface area contributed by atoms with Crippen molar-refractivity contribution in [3.8, 4) is 0 Å². The van der Waals surface area contributed by atoms with Crippen LogP contribution in [0.4, 0.5) is 0 Å². The minimum atomic E-state index is -3.24. The summed E-state index contributed by atoms with van der Waals surface area (Å²) in [6, 6.07) is 0.460. The molecule has 0 radical (unpaired) electrons. The molecule has 0 aromatic heterocycles. The molecule has 0 aliphatic heterocycles. The number of guanidine groups is 1. The van der Waals surface area contributed by atoms with E-state index in [9.17, 15) is 8.42 Å². The maximum atomic E-state index is 11.4. The van der Waals surface area contributed by atoms with Crippen molar-refractivity contribution in [3.63, 3.8) is 0 Å². The molecule has 24 heavy (non-hydrogen) atoms. The van der Waals surface area contributed by atoms with Gasteiger partial charge in [0.25, 0.3) is 0 Å². The summed E-state index contributed by atoms with van der Waals surface area (Å²) in [6.45, 7) is 9.16. The average molecular weight is 361 g/mol. The first-order valence-electron chi connectivity index (χ1n) is 9.19. The number of nitrogens with one attached hydrogen (secondary N) is 3. The predicted octanol–water partition coefficient (Wildman–Crippen LogP) is 2.23. The molecule has 0 aromatic carbocycles. The van der Waals surface area contributed by atoms with Gasteiger partial charge in [0, 0.05) is 18.1 Å². The number of nitrogens with zero attached hydrogens (tertiary/aromatic N) is 1. The molecule has 1 rings (SSSR count). The van der Waals surface area contributed by atoms with Crippen molar-refractivity contribution in [3.05, 3.63) is 0 Å². The van der Waals surface area contributed by atoms with Crippen LogP contribution < -0.4 is 15.4 Å². The molecule has 6 nitrogen and oxygen atoms in total. The Bertz CT molecular complexity index is 495. The molecule has 1 saturated carbocycles. The van der Waals surface area contributed by atoms with Crippen LogP contribution in [0, 0.1) is 5.92 Å². The van der Waals surface area contributed by atoms with Gasteiger partial charge >= 0.3 is 0 Å². The monoisotopic (exact) mass is 360 g/mol. The molecular formula is C17H36N4O2S. The van der Waals surface area contributed by atoms with E-state index in [0.717, 1.165) is 18.4 Å². The summed E-state index contributed by atoms with van der Waals surface area (Å²) in [5.41, 5.74) is -0.602. The third kappa shape index (κ3) is 8.87. The zero-order valence-electron chi connectivity index (χ0n) is 16.0. The number of hydrogen-bond donors (Lipinski definition) is 3. The highest BCUT2D eigenvalue weighted by atomic mass is 32.2. The third-order valence-electron chi connectivity index (χ3n) is 4.32. The lowest BCUT2D eigenvalue weighted by Gasteiger charge is -2.30. The van der Waals surface area contributed by atoms with Crippen LogP contribution in [0.1, 0.15) is 66.2 Å². The zero-order chi connectivity index (χ0) is 18.2. The molecule has 142 valence electrons. The predicted molar refractivity (Wildman–Crippen MR) is 102 cm³/mol. The summed E-state index contributed by atoms with van der Waals surface area (Å²) >= 11 is 0. The first kappa shape index (κ1) is 21.2. The smallest absolute Gasteiger partial charge is 0.209 e. The Balaban J connectivity index is 2.57. The van der Waals surface area contributed by atoms with Crippen LogP contribution in [0.2, 0.25) is 0 Å². The Morgan fingerprint density at radius 2 is 1.79 bits per heavy atom. The topological polar surface area (TPSA) is 82.6 Å². The normalized spacial score (nSPS) is 23.1. The molecule has 0 amide bonds. The molecule has 0 heterocycles. The second-order valence-electron chi connectivity index (χ2n) is 7.60. The standard InChI is InChI=1S/C17H36N4O2S/c1-6-8-14-9-11-15(12-10-14)20-16(18-7-2)19-13-17(3,4)21-24(5,22)23/h14-15,21H,6-13H2,1-5H3,(H2,18,19,20). The number of rotatable bonds is 8. The van der Waals surface area contributed by atoms with Crippen LogP contribution in [0.25, 0.3) is 0 Å². The van der Waals surface area contributed by atoms with Gasteiger partial charge in [-0.05, 0) is 52.4 Å². The van der Waals surface area contributed by atoms with Gasteiger partial charge in [0.15, 0.2) is 5.96 Å².